The fourth-order valence-corrected chi connectivity index (χ4v) is 3.87. The van der Waals surface area contributed by atoms with E-state index in [0.29, 0.717) is 0 Å². The maximum Gasteiger partial charge on any atom is 0.227 e. The van der Waals surface area contributed by atoms with E-state index >= 15 is 0 Å². The average Bonchev–Trinajstić information content (AvgIpc) is 3.19. The summed E-state index contributed by atoms with van der Waals surface area (Å²) in [6, 6.07) is 12.7. The second kappa shape index (κ2) is 7.64. The van der Waals surface area contributed by atoms with Gasteiger partial charge in [0.15, 0.2) is 0 Å². The molecule has 2 fully saturated rings. The quantitative estimate of drug-likeness (QED) is 0.814. The Morgan fingerprint density at radius 1 is 1.04 bits per heavy atom. The lowest BCUT2D eigenvalue weighted by Crippen LogP contribution is -2.52. The predicted octanol–water partition coefficient (Wildman–Crippen LogP) is 2.26. The van der Waals surface area contributed by atoms with Gasteiger partial charge in [-0.3, -0.25) is 9.69 Å². The molecule has 142 valence electrons. The SMILES string of the molecule is CN(C)C(=O)C1CN(Cc2ccc(-c3ccc(N4CCCC4)cc3)nn2)C1. The topological polar surface area (TPSA) is 52.6 Å². The number of hydrogen-bond donors (Lipinski definition) is 0. The number of rotatable bonds is 5. The summed E-state index contributed by atoms with van der Waals surface area (Å²) in [5.41, 5.74) is 4.23. The minimum atomic E-state index is 0.126. The molecule has 0 aliphatic carbocycles. The predicted molar refractivity (Wildman–Crippen MR) is 106 cm³/mol. The number of nitrogens with zero attached hydrogens (tertiary/aromatic N) is 5. The van der Waals surface area contributed by atoms with Crippen LogP contribution in [0.15, 0.2) is 36.4 Å². The zero-order valence-electron chi connectivity index (χ0n) is 16.1. The third kappa shape index (κ3) is 3.95. The Kier molecular flexibility index (Phi) is 5.07. The van der Waals surface area contributed by atoms with Crippen LogP contribution in [0, 0.1) is 5.92 Å². The molecule has 1 aromatic heterocycles. The van der Waals surface area contributed by atoms with Gasteiger partial charge in [-0.05, 0) is 37.1 Å². The summed E-state index contributed by atoms with van der Waals surface area (Å²) in [7, 11) is 3.62. The van der Waals surface area contributed by atoms with Crippen molar-refractivity contribution in [2.75, 3.05) is 45.2 Å². The summed E-state index contributed by atoms with van der Waals surface area (Å²) in [4.78, 5) is 18.2. The van der Waals surface area contributed by atoms with Crippen LogP contribution in [0.5, 0.6) is 0 Å². The van der Waals surface area contributed by atoms with Crippen molar-refractivity contribution in [1.29, 1.82) is 0 Å². The highest BCUT2D eigenvalue weighted by Gasteiger charge is 2.33. The number of aromatic nitrogens is 2. The summed E-state index contributed by atoms with van der Waals surface area (Å²) in [6.45, 7) is 4.67. The Balaban J connectivity index is 1.33. The van der Waals surface area contributed by atoms with Crippen LogP contribution in [0.25, 0.3) is 11.3 Å². The van der Waals surface area contributed by atoms with Crippen molar-refractivity contribution in [2.24, 2.45) is 5.92 Å². The lowest BCUT2D eigenvalue weighted by Gasteiger charge is -2.38. The molecule has 0 radical (unpaired) electrons. The van der Waals surface area contributed by atoms with Crippen molar-refractivity contribution in [3.05, 3.63) is 42.1 Å². The molecule has 1 amide bonds. The zero-order valence-corrected chi connectivity index (χ0v) is 16.1. The second-order valence-corrected chi connectivity index (χ2v) is 7.77. The molecular weight excluding hydrogens is 338 g/mol. The molecule has 0 saturated carbocycles. The van der Waals surface area contributed by atoms with Crippen molar-refractivity contribution in [3.8, 4) is 11.3 Å². The Morgan fingerprint density at radius 3 is 2.33 bits per heavy atom. The van der Waals surface area contributed by atoms with Gasteiger partial charge >= 0.3 is 0 Å². The van der Waals surface area contributed by atoms with Crippen LogP contribution in [-0.4, -0.2) is 66.2 Å². The van der Waals surface area contributed by atoms with Crippen LogP contribution < -0.4 is 4.90 Å². The largest absolute Gasteiger partial charge is 0.372 e. The number of amides is 1. The van der Waals surface area contributed by atoms with E-state index in [1.165, 1.54) is 18.5 Å². The van der Waals surface area contributed by atoms with Crippen LogP contribution in [0.3, 0.4) is 0 Å². The van der Waals surface area contributed by atoms with E-state index in [1.807, 2.05) is 26.2 Å². The van der Waals surface area contributed by atoms with E-state index in [9.17, 15) is 4.79 Å². The maximum atomic E-state index is 11.9. The lowest BCUT2D eigenvalue weighted by atomic mass is 9.98. The first kappa shape index (κ1) is 17.9. The number of carbonyl (C=O) groups excluding carboxylic acids is 1. The molecule has 6 nitrogen and oxygen atoms in total. The van der Waals surface area contributed by atoms with Crippen LogP contribution in [-0.2, 0) is 11.3 Å². The molecule has 0 bridgehead atoms. The lowest BCUT2D eigenvalue weighted by molar-refractivity contribution is -0.138. The third-order valence-corrected chi connectivity index (χ3v) is 5.49. The Bertz CT molecular complexity index is 775. The number of hydrogen-bond acceptors (Lipinski definition) is 5. The van der Waals surface area contributed by atoms with Crippen molar-refractivity contribution in [1.82, 2.24) is 20.0 Å². The summed E-state index contributed by atoms with van der Waals surface area (Å²) in [5, 5.41) is 8.79. The monoisotopic (exact) mass is 365 g/mol. The molecule has 2 aromatic rings. The van der Waals surface area contributed by atoms with Gasteiger partial charge in [-0.15, -0.1) is 0 Å². The van der Waals surface area contributed by atoms with Crippen LogP contribution in [0.2, 0.25) is 0 Å². The molecular formula is C21H27N5O. The molecule has 2 aliphatic rings. The van der Waals surface area contributed by atoms with E-state index in [4.69, 9.17) is 0 Å². The number of anilines is 1. The van der Waals surface area contributed by atoms with Crippen LogP contribution in [0.4, 0.5) is 5.69 Å². The van der Waals surface area contributed by atoms with Crippen molar-refractivity contribution in [3.63, 3.8) is 0 Å². The van der Waals surface area contributed by atoms with Gasteiger partial charge in [-0.25, -0.2) is 0 Å². The highest BCUT2D eigenvalue weighted by molar-refractivity contribution is 5.79. The highest BCUT2D eigenvalue weighted by atomic mass is 16.2. The molecule has 0 unspecified atom stereocenters. The number of likely N-dealkylation sites (tertiary alicyclic amines) is 1. The van der Waals surface area contributed by atoms with Gasteiger partial charge < -0.3 is 9.80 Å². The Labute approximate surface area is 160 Å². The van der Waals surface area contributed by atoms with E-state index < -0.39 is 0 Å². The second-order valence-electron chi connectivity index (χ2n) is 7.77. The van der Waals surface area contributed by atoms with Crippen molar-refractivity contribution >= 4 is 11.6 Å². The van der Waals surface area contributed by atoms with Gasteiger partial charge in [-0.2, -0.15) is 10.2 Å². The summed E-state index contributed by atoms with van der Waals surface area (Å²) < 4.78 is 0. The maximum absolute atomic E-state index is 11.9. The van der Waals surface area contributed by atoms with Gasteiger partial charge in [0.2, 0.25) is 5.91 Å². The molecule has 6 heteroatoms. The van der Waals surface area contributed by atoms with Gasteiger partial charge in [0, 0.05) is 58.1 Å². The van der Waals surface area contributed by atoms with E-state index in [2.05, 4.69) is 44.3 Å². The van der Waals surface area contributed by atoms with Crippen LogP contribution >= 0.6 is 0 Å². The Morgan fingerprint density at radius 2 is 1.74 bits per heavy atom. The standard InChI is InChI=1S/C21H27N5O/c1-24(2)21(27)17-13-25(14-17)15-18-7-10-20(23-22-18)16-5-8-19(9-6-16)26-11-3-4-12-26/h5-10,17H,3-4,11-15H2,1-2H3. The molecule has 2 saturated heterocycles. The first-order chi connectivity index (χ1) is 13.1. The minimum Gasteiger partial charge on any atom is -0.372 e. The molecule has 0 spiro atoms. The number of benzene rings is 1. The average molecular weight is 365 g/mol. The van der Waals surface area contributed by atoms with Gasteiger partial charge in [-0.1, -0.05) is 12.1 Å². The molecule has 0 N–H and O–H groups in total. The first-order valence-corrected chi connectivity index (χ1v) is 9.71. The third-order valence-electron chi connectivity index (χ3n) is 5.49. The van der Waals surface area contributed by atoms with Crippen molar-refractivity contribution in [2.45, 2.75) is 19.4 Å². The molecule has 1 aromatic carbocycles. The number of carbonyl (C=O) groups is 1. The van der Waals surface area contributed by atoms with Gasteiger partial charge in [0.05, 0.1) is 17.3 Å². The highest BCUT2D eigenvalue weighted by Crippen LogP contribution is 2.25. The smallest absolute Gasteiger partial charge is 0.227 e. The zero-order chi connectivity index (χ0) is 18.8. The van der Waals surface area contributed by atoms with E-state index in [1.54, 1.807) is 4.90 Å². The fourth-order valence-electron chi connectivity index (χ4n) is 3.87. The molecule has 2 aliphatic heterocycles. The summed E-state index contributed by atoms with van der Waals surface area (Å²) >= 11 is 0. The molecule has 3 heterocycles. The Hall–Kier alpha value is -2.47. The van der Waals surface area contributed by atoms with E-state index in [0.717, 1.165) is 49.7 Å². The minimum absolute atomic E-state index is 0.126. The van der Waals surface area contributed by atoms with Crippen molar-refractivity contribution < 1.29 is 4.79 Å². The summed E-state index contributed by atoms with van der Waals surface area (Å²) in [6.07, 6.45) is 2.57. The molecule has 4 rings (SSSR count). The van der Waals surface area contributed by atoms with Crippen LogP contribution in [0.1, 0.15) is 18.5 Å². The normalized spacial score (nSPS) is 17.8. The molecule has 27 heavy (non-hydrogen) atoms. The fraction of sp³-hybridized carbons (Fsp3) is 0.476. The van der Waals surface area contributed by atoms with E-state index in [-0.39, 0.29) is 11.8 Å². The first-order valence-electron chi connectivity index (χ1n) is 9.71. The van der Waals surface area contributed by atoms with Gasteiger partial charge in [0.25, 0.3) is 0 Å². The van der Waals surface area contributed by atoms with Gasteiger partial charge in [0.1, 0.15) is 0 Å². The summed E-state index contributed by atoms with van der Waals surface area (Å²) in [5.74, 6) is 0.339. The molecule has 0 atom stereocenters.